The summed E-state index contributed by atoms with van der Waals surface area (Å²) in [6, 6.07) is 13.5. The maximum atomic E-state index is 13.7. The lowest BCUT2D eigenvalue weighted by Gasteiger charge is -2.16. The zero-order chi connectivity index (χ0) is 17.1. The van der Waals surface area contributed by atoms with E-state index in [2.05, 4.69) is 5.32 Å². The van der Waals surface area contributed by atoms with Gasteiger partial charge in [0.2, 0.25) is 11.8 Å². The van der Waals surface area contributed by atoms with Crippen LogP contribution in [-0.4, -0.2) is 23.3 Å². The summed E-state index contributed by atoms with van der Waals surface area (Å²) in [4.78, 5) is 26.1. The molecule has 2 amide bonds. The molecule has 1 atom stereocenters. The maximum absolute atomic E-state index is 13.7. The number of amides is 2. The van der Waals surface area contributed by atoms with Gasteiger partial charge in [-0.2, -0.15) is 0 Å². The highest BCUT2D eigenvalue weighted by atomic mass is 35.5. The summed E-state index contributed by atoms with van der Waals surface area (Å²) < 4.78 is 13.7. The molecule has 1 fully saturated rings. The molecular weight excluding hydrogens is 331 g/mol. The fourth-order valence-corrected chi connectivity index (χ4v) is 2.90. The Balaban J connectivity index is 1.64. The minimum Gasteiger partial charge on any atom is -0.338 e. The van der Waals surface area contributed by atoms with Gasteiger partial charge >= 0.3 is 0 Å². The average molecular weight is 347 g/mol. The lowest BCUT2D eigenvalue weighted by Crippen LogP contribution is -2.28. The molecule has 124 valence electrons. The summed E-state index contributed by atoms with van der Waals surface area (Å²) in [5, 5.41) is 2.85. The highest BCUT2D eigenvalue weighted by molar-refractivity contribution is 6.30. The number of nitrogens with one attached hydrogen (secondary N) is 1. The molecule has 4 nitrogen and oxygen atoms in total. The normalized spacial score (nSPS) is 17.2. The van der Waals surface area contributed by atoms with Crippen LogP contribution < -0.4 is 5.32 Å². The molecule has 0 aromatic heterocycles. The summed E-state index contributed by atoms with van der Waals surface area (Å²) in [6.07, 6.45) is 0.126. The van der Waals surface area contributed by atoms with E-state index >= 15 is 0 Å². The molecule has 24 heavy (non-hydrogen) atoms. The molecule has 0 aliphatic carbocycles. The second-order valence-electron chi connectivity index (χ2n) is 5.77. The van der Waals surface area contributed by atoms with Gasteiger partial charge in [0, 0.05) is 24.5 Å². The standard InChI is InChI=1S/C18H16ClFN2O2/c19-14-6-7-15(20)16(9-14)21-18(24)13-8-17(23)22(11-13)10-12-4-2-1-3-5-12/h1-7,9,13H,8,10-11H2,(H,21,24)/t13-/m1/s1. The molecule has 0 bridgehead atoms. The van der Waals surface area contributed by atoms with Crippen molar-refractivity contribution in [3.05, 3.63) is 64.9 Å². The molecule has 1 aliphatic rings. The third-order valence-corrected chi connectivity index (χ3v) is 4.22. The van der Waals surface area contributed by atoms with Gasteiger partial charge < -0.3 is 10.2 Å². The molecule has 1 N–H and O–H groups in total. The number of nitrogens with zero attached hydrogens (tertiary/aromatic N) is 1. The number of halogens is 2. The van der Waals surface area contributed by atoms with Crippen LogP contribution in [-0.2, 0) is 16.1 Å². The number of carbonyl (C=O) groups is 2. The second kappa shape index (κ2) is 7.01. The Hall–Kier alpha value is -2.40. The van der Waals surface area contributed by atoms with Crippen LogP contribution in [0.4, 0.5) is 10.1 Å². The number of hydrogen-bond donors (Lipinski definition) is 1. The summed E-state index contributed by atoms with van der Waals surface area (Å²) in [6.45, 7) is 0.788. The van der Waals surface area contributed by atoms with Crippen LogP contribution >= 0.6 is 11.6 Å². The largest absolute Gasteiger partial charge is 0.338 e. The van der Waals surface area contributed by atoms with E-state index in [0.29, 0.717) is 18.1 Å². The smallest absolute Gasteiger partial charge is 0.229 e. The van der Waals surface area contributed by atoms with Gasteiger partial charge in [0.15, 0.2) is 0 Å². The molecule has 0 unspecified atom stereocenters. The predicted molar refractivity (Wildman–Crippen MR) is 90.0 cm³/mol. The number of benzene rings is 2. The lowest BCUT2D eigenvalue weighted by atomic mass is 10.1. The Morgan fingerprint density at radius 3 is 2.75 bits per heavy atom. The van der Waals surface area contributed by atoms with Gasteiger partial charge in [-0.1, -0.05) is 41.9 Å². The molecule has 1 saturated heterocycles. The number of rotatable bonds is 4. The van der Waals surface area contributed by atoms with Gasteiger partial charge in [-0.3, -0.25) is 9.59 Å². The van der Waals surface area contributed by atoms with Crippen molar-refractivity contribution < 1.29 is 14.0 Å². The lowest BCUT2D eigenvalue weighted by molar-refractivity contribution is -0.128. The Morgan fingerprint density at radius 2 is 2.00 bits per heavy atom. The summed E-state index contributed by atoms with van der Waals surface area (Å²) in [5.74, 6) is -1.51. The average Bonchev–Trinajstić information content (AvgIpc) is 2.93. The van der Waals surface area contributed by atoms with E-state index in [1.54, 1.807) is 4.90 Å². The Labute approximate surface area is 144 Å². The summed E-state index contributed by atoms with van der Waals surface area (Å²) in [5.41, 5.74) is 1.04. The van der Waals surface area contributed by atoms with Gasteiger partial charge in [0.25, 0.3) is 0 Å². The fraction of sp³-hybridized carbons (Fsp3) is 0.222. The monoisotopic (exact) mass is 346 g/mol. The minimum absolute atomic E-state index is 0.0291. The highest BCUT2D eigenvalue weighted by Gasteiger charge is 2.34. The van der Waals surface area contributed by atoms with Crippen molar-refractivity contribution in [3.8, 4) is 0 Å². The third-order valence-electron chi connectivity index (χ3n) is 3.99. The van der Waals surface area contributed by atoms with Gasteiger partial charge in [-0.05, 0) is 23.8 Å². The molecule has 2 aromatic rings. The fourth-order valence-electron chi connectivity index (χ4n) is 2.73. The van der Waals surface area contributed by atoms with Crippen molar-refractivity contribution >= 4 is 29.1 Å². The van der Waals surface area contributed by atoms with Gasteiger partial charge in [0.05, 0.1) is 11.6 Å². The molecule has 6 heteroatoms. The third kappa shape index (κ3) is 3.74. The van der Waals surface area contributed by atoms with Crippen LogP contribution in [0.5, 0.6) is 0 Å². The van der Waals surface area contributed by atoms with Crippen LogP contribution in [0.25, 0.3) is 0 Å². The van der Waals surface area contributed by atoms with E-state index < -0.39 is 11.7 Å². The SMILES string of the molecule is O=C(Nc1cc(Cl)ccc1F)[C@@H]1CC(=O)N(Cc2ccccc2)C1. The van der Waals surface area contributed by atoms with Gasteiger partial charge in [-0.25, -0.2) is 4.39 Å². The van der Waals surface area contributed by atoms with E-state index in [-0.39, 0.29) is 23.9 Å². The Morgan fingerprint density at radius 1 is 1.25 bits per heavy atom. The maximum Gasteiger partial charge on any atom is 0.229 e. The Bertz CT molecular complexity index is 767. The molecule has 1 heterocycles. The molecule has 1 aliphatic heterocycles. The molecule has 0 saturated carbocycles. The van der Waals surface area contributed by atoms with E-state index in [9.17, 15) is 14.0 Å². The zero-order valence-corrected chi connectivity index (χ0v) is 13.6. The number of anilines is 1. The van der Waals surface area contributed by atoms with Crippen LogP contribution in [0.2, 0.25) is 5.02 Å². The van der Waals surface area contributed by atoms with Crippen molar-refractivity contribution in [3.63, 3.8) is 0 Å². The molecule has 2 aromatic carbocycles. The molecule has 3 rings (SSSR count). The minimum atomic E-state index is -0.557. The van der Waals surface area contributed by atoms with Crippen molar-refractivity contribution in [2.24, 2.45) is 5.92 Å². The number of hydrogen-bond acceptors (Lipinski definition) is 2. The number of likely N-dealkylation sites (tertiary alicyclic amines) is 1. The quantitative estimate of drug-likeness (QED) is 0.921. The summed E-state index contributed by atoms with van der Waals surface area (Å²) in [7, 11) is 0. The van der Waals surface area contributed by atoms with E-state index in [0.717, 1.165) is 5.56 Å². The van der Waals surface area contributed by atoms with Crippen molar-refractivity contribution in [1.82, 2.24) is 4.90 Å². The van der Waals surface area contributed by atoms with Crippen LogP contribution in [0.3, 0.4) is 0 Å². The van der Waals surface area contributed by atoms with Gasteiger partial charge in [0.1, 0.15) is 5.82 Å². The second-order valence-corrected chi connectivity index (χ2v) is 6.21. The first-order chi connectivity index (χ1) is 11.5. The highest BCUT2D eigenvalue weighted by Crippen LogP contribution is 2.24. The number of carbonyl (C=O) groups excluding carboxylic acids is 2. The molecule has 0 spiro atoms. The van der Waals surface area contributed by atoms with Crippen LogP contribution in [0.1, 0.15) is 12.0 Å². The van der Waals surface area contributed by atoms with Crippen molar-refractivity contribution in [1.29, 1.82) is 0 Å². The predicted octanol–water partition coefficient (Wildman–Crippen LogP) is 3.47. The van der Waals surface area contributed by atoms with E-state index in [1.807, 2.05) is 30.3 Å². The zero-order valence-electron chi connectivity index (χ0n) is 12.8. The van der Waals surface area contributed by atoms with Crippen LogP contribution in [0, 0.1) is 11.7 Å². The molecular formula is C18H16ClFN2O2. The Kier molecular flexibility index (Phi) is 4.81. The van der Waals surface area contributed by atoms with Crippen LogP contribution in [0.15, 0.2) is 48.5 Å². The van der Waals surface area contributed by atoms with Crippen molar-refractivity contribution in [2.45, 2.75) is 13.0 Å². The van der Waals surface area contributed by atoms with E-state index in [4.69, 9.17) is 11.6 Å². The molecule has 0 radical (unpaired) electrons. The first kappa shape index (κ1) is 16.5. The first-order valence-electron chi connectivity index (χ1n) is 7.60. The van der Waals surface area contributed by atoms with Gasteiger partial charge in [-0.15, -0.1) is 0 Å². The topological polar surface area (TPSA) is 49.4 Å². The van der Waals surface area contributed by atoms with E-state index in [1.165, 1.54) is 18.2 Å². The van der Waals surface area contributed by atoms with Crippen molar-refractivity contribution in [2.75, 3.05) is 11.9 Å². The first-order valence-corrected chi connectivity index (χ1v) is 7.98. The summed E-state index contributed by atoms with van der Waals surface area (Å²) >= 11 is 5.82.